The molecule has 0 aliphatic heterocycles. The van der Waals surface area contributed by atoms with Crippen molar-refractivity contribution in [2.45, 2.75) is 26.2 Å². The van der Waals surface area contributed by atoms with Crippen LogP contribution in [-0.4, -0.2) is 4.98 Å². The van der Waals surface area contributed by atoms with Crippen LogP contribution in [0.5, 0.6) is 0 Å². The molecular weight excluding hydrogens is 170 g/mol. The molecule has 1 aromatic rings. The lowest BCUT2D eigenvalue weighted by Gasteiger charge is -1.97. The summed E-state index contributed by atoms with van der Waals surface area (Å²) in [6, 6.07) is 5.86. The van der Waals surface area contributed by atoms with Crippen LogP contribution in [0.25, 0.3) is 0 Å². The minimum atomic E-state index is 0.604. The van der Waals surface area contributed by atoms with Gasteiger partial charge in [-0.05, 0) is 43.2 Å². The monoisotopic (exact) mass is 185 g/mol. The first kappa shape index (κ1) is 9.27. The van der Waals surface area contributed by atoms with E-state index >= 15 is 0 Å². The molecule has 0 amide bonds. The molecule has 1 aliphatic rings. The van der Waals surface area contributed by atoms with E-state index in [0.29, 0.717) is 5.92 Å². The summed E-state index contributed by atoms with van der Waals surface area (Å²) in [5, 5.41) is 0. The summed E-state index contributed by atoms with van der Waals surface area (Å²) in [4.78, 5) is 4.19. The summed E-state index contributed by atoms with van der Waals surface area (Å²) in [6.45, 7) is 2.31. The van der Waals surface area contributed by atoms with E-state index in [1.165, 1.54) is 19.3 Å². The molecule has 14 heavy (non-hydrogen) atoms. The zero-order valence-corrected chi connectivity index (χ0v) is 8.53. The minimum Gasteiger partial charge on any atom is -0.248 e. The van der Waals surface area contributed by atoms with Crippen molar-refractivity contribution >= 4 is 0 Å². The molecule has 0 aromatic carbocycles. The summed E-state index contributed by atoms with van der Waals surface area (Å²) in [7, 11) is 0. The lowest BCUT2D eigenvalue weighted by molar-refractivity contribution is 0.592. The molecule has 1 aliphatic carbocycles. The fraction of sp³-hybridized carbons (Fsp3) is 0.462. The summed E-state index contributed by atoms with van der Waals surface area (Å²) >= 11 is 0. The first-order chi connectivity index (χ1) is 6.84. The van der Waals surface area contributed by atoms with Gasteiger partial charge in [0, 0.05) is 12.1 Å². The number of hydrogen-bond acceptors (Lipinski definition) is 1. The van der Waals surface area contributed by atoms with Crippen molar-refractivity contribution in [3.8, 4) is 11.8 Å². The van der Waals surface area contributed by atoms with Gasteiger partial charge in [-0.25, -0.2) is 4.98 Å². The minimum absolute atomic E-state index is 0.604. The Labute approximate surface area is 85.6 Å². The molecule has 1 nitrogen and oxygen atoms in total. The Balaban J connectivity index is 2.01. The molecule has 2 atom stereocenters. The molecule has 1 heterocycles. The van der Waals surface area contributed by atoms with Crippen molar-refractivity contribution in [2.24, 2.45) is 11.8 Å². The van der Waals surface area contributed by atoms with Gasteiger partial charge in [-0.2, -0.15) is 0 Å². The van der Waals surface area contributed by atoms with Gasteiger partial charge < -0.3 is 0 Å². The second-order valence-corrected chi connectivity index (χ2v) is 4.10. The predicted molar refractivity (Wildman–Crippen MR) is 57.6 cm³/mol. The van der Waals surface area contributed by atoms with E-state index in [9.17, 15) is 0 Å². The van der Waals surface area contributed by atoms with Gasteiger partial charge in [-0.15, -0.1) is 0 Å². The average Bonchev–Trinajstić information content (AvgIpc) is 2.63. The Kier molecular flexibility index (Phi) is 2.84. The van der Waals surface area contributed by atoms with Crippen LogP contribution in [-0.2, 0) is 0 Å². The molecule has 0 radical (unpaired) electrons. The van der Waals surface area contributed by atoms with E-state index in [0.717, 1.165) is 11.6 Å². The summed E-state index contributed by atoms with van der Waals surface area (Å²) in [5.74, 6) is 7.92. The second-order valence-electron chi connectivity index (χ2n) is 4.10. The van der Waals surface area contributed by atoms with Crippen LogP contribution in [0.3, 0.4) is 0 Å². The normalized spacial score (nSPS) is 25.5. The highest BCUT2D eigenvalue weighted by atomic mass is 14.6. The molecule has 0 spiro atoms. The standard InChI is InChI=1S/C13H15N/c1-11-5-6-12(10-11)7-8-13-4-2-3-9-14-13/h2-4,9,11-12H,5-6,10H2,1H3. The van der Waals surface area contributed by atoms with Crippen molar-refractivity contribution in [3.63, 3.8) is 0 Å². The Hall–Kier alpha value is -1.29. The molecule has 1 saturated carbocycles. The molecule has 0 bridgehead atoms. The molecule has 2 unspecified atom stereocenters. The number of aromatic nitrogens is 1. The topological polar surface area (TPSA) is 12.9 Å². The van der Waals surface area contributed by atoms with Crippen LogP contribution >= 0.6 is 0 Å². The van der Waals surface area contributed by atoms with Gasteiger partial charge >= 0.3 is 0 Å². The Morgan fingerprint density at radius 3 is 2.93 bits per heavy atom. The van der Waals surface area contributed by atoms with Crippen LogP contribution in [0, 0.1) is 23.7 Å². The lowest BCUT2D eigenvalue weighted by atomic mass is 10.1. The number of pyridine rings is 1. The van der Waals surface area contributed by atoms with Gasteiger partial charge in [0.05, 0.1) is 0 Å². The highest BCUT2D eigenvalue weighted by molar-refractivity contribution is 5.27. The fourth-order valence-corrected chi connectivity index (χ4v) is 1.95. The average molecular weight is 185 g/mol. The molecule has 2 rings (SSSR count). The van der Waals surface area contributed by atoms with Gasteiger partial charge in [0.15, 0.2) is 0 Å². The highest BCUT2D eigenvalue weighted by Crippen LogP contribution is 2.29. The summed E-state index contributed by atoms with van der Waals surface area (Å²) in [5.41, 5.74) is 0.895. The zero-order chi connectivity index (χ0) is 9.80. The van der Waals surface area contributed by atoms with Gasteiger partial charge in [0.1, 0.15) is 5.69 Å². The van der Waals surface area contributed by atoms with Crippen LogP contribution in [0.4, 0.5) is 0 Å². The zero-order valence-electron chi connectivity index (χ0n) is 8.53. The number of hydrogen-bond donors (Lipinski definition) is 0. The van der Waals surface area contributed by atoms with Crippen LogP contribution in [0.15, 0.2) is 24.4 Å². The lowest BCUT2D eigenvalue weighted by Crippen LogP contribution is -1.90. The second kappa shape index (κ2) is 4.28. The molecular formula is C13H15N. The maximum absolute atomic E-state index is 4.19. The highest BCUT2D eigenvalue weighted by Gasteiger charge is 2.18. The van der Waals surface area contributed by atoms with Crippen molar-refractivity contribution in [3.05, 3.63) is 30.1 Å². The van der Waals surface area contributed by atoms with E-state index in [1.807, 2.05) is 18.2 Å². The Bertz CT molecular complexity index is 344. The first-order valence-corrected chi connectivity index (χ1v) is 5.27. The van der Waals surface area contributed by atoms with Crippen LogP contribution in [0.1, 0.15) is 31.9 Å². The van der Waals surface area contributed by atoms with E-state index in [4.69, 9.17) is 0 Å². The fourth-order valence-electron chi connectivity index (χ4n) is 1.95. The summed E-state index contributed by atoms with van der Waals surface area (Å²) in [6.07, 6.45) is 5.66. The molecule has 0 saturated heterocycles. The van der Waals surface area contributed by atoms with Gasteiger partial charge in [-0.3, -0.25) is 0 Å². The number of nitrogens with zero attached hydrogens (tertiary/aromatic N) is 1. The maximum atomic E-state index is 4.19. The van der Waals surface area contributed by atoms with Gasteiger partial charge in [0.25, 0.3) is 0 Å². The van der Waals surface area contributed by atoms with Crippen molar-refractivity contribution in [2.75, 3.05) is 0 Å². The van der Waals surface area contributed by atoms with E-state index < -0.39 is 0 Å². The van der Waals surface area contributed by atoms with E-state index in [2.05, 4.69) is 23.7 Å². The van der Waals surface area contributed by atoms with Crippen LogP contribution in [0.2, 0.25) is 0 Å². The molecule has 1 fully saturated rings. The van der Waals surface area contributed by atoms with Gasteiger partial charge in [0.2, 0.25) is 0 Å². The Morgan fingerprint density at radius 2 is 2.29 bits per heavy atom. The molecule has 1 aromatic heterocycles. The largest absolute Gasteiger partial charge is 0.248 e. The molecule has 0 N–H and O–H groups in total. The van der Waals surface area contributed by atoms with E-state index in [-0.39, 0.29) is 0 Å². The Morgan fingerprint density at radius 1 is 1.36 bits per heavy atom. The van der Waals surface area contributed by atoms with Crippen molar-refractivity contribution in [1.82, 2.24) is 4.98 Å². The number of rotatable bonds is 0. The van der Waals surface area contributed by atoms with E-state index in [1.54, 1.807) is 6.20 Å². The SMILES string of the molecule is CC1CCC(C#Cc2ccccn2)C1. The summed E-state index contributed by atoms with van der Waals surface area (Å²) < 4.78 is 0. The maximum Gasteiger partial charge on any atom is 0.113 e. The van der Waals surface area contributed by atoms with Crippen LogP contribution < -0.4 is 0 Å². The third-order valence-corrected chi connectivity index (χ3v) is 2.76. The van der Waals surface area contributed by atoms with Gasteiger partial charge in [-0.1, -0.05) is 18.9 Å². The predicted octanol–water partition coefficient (Wildman–Crippen LogP) is 2.87. The third kappa shape index (κ3) is 2.35. The van der Waals surface area contributed by atoms with Crippen molar-refractivity contribution in [1.29, 1.82) is 0 Å². The quantitative estimate of drug-likeness (QED) is 0.566. The first-order valence-electron chi connectivity index (χ1n) is 5.27. The molecule has 72 valence electrons. The molecule has 1 heteroatoms. The smallest absolute Gasteiger partial charge is 0.113 e. The third-order valence-electron chi connectivity index (χ3n) is 2.76. The van der Waals surface area contributed by atoms with Crippen molar-refractivity contribution < 1.29 is 0 Å².